The fourth-order valence-electron chi connectivity index (χ4n) is 5.94. The van der Waals surface area contributed by atoms with Gasteiger partial charge in [-0.15, -0.1) is 0 Å². The van der Waals surface area contributed by atoms with Crippen LogP contribution in [-0.2, 0) is 24.5 Å². The Balaban J connectivity index is 1.40. The molecule has 2 aliphatic heterocycles. The van der Waals surface area contributed by atoms with Gasteiger partial charge in [-0.25, -0.2) is 4.79 Å². The molecule has 0 radical (unpaired) electrons. The molecule has 2 saturated heterocycles. The van der Waals surface area contributed by atoms with Crippen molar-refractivity contribution in [2.24, 2.45) is 0 Å². The number of nitrogens with one attached hydrogen (secondary N) is 1. The molecule has 3 aromatic carbocycles. The summed E-state index contributed by atoms with van der Waals surface area (Å²) in [6, 6.07) is 30.3. The molecule has 43 heavy (non-hydrogen) atoms. The molecular weight excluding hydrogens is 661 g/mol. The third-order valence-corrected chi connectivity index (χ3v) is 8.09. The number of benzene rings is 3. The molecule has 0 saturated carbocycles. The number of fused-ring (bicyclic) bond motifs is 1. The van der Waals surface area contributed by atoms with Crippen LogP contribution in [0.4, 0.5) is 5.82 Å². The fraction of sp³-hybridized carbons (Fsp3) is 0.273. The topological polar surface area (TPSA) is 104 Å². The van der Waals surface area contributed by atoms with E-state index in [9.17, 15) is 10.0 Å². The Morgan fingerprint density at radius 2 is 1.49 bits per heavy atom. The number of aromatic nitrogens is 2. The molecule has 0 aliphatic carbocycles. The largest absolute Gasteiger partial charge is 0.358 e. The minimum Gasteiger partial charge on any atom is -0.358 e. The van der Waals surface area contributed by atoms with Gasteiger partial charge in [-0.3, -0.25) is 15.3 Å². The number of halogens is 1. The molecule has 0 spiro atoms. The average molecular weight is 694 g/mol. The smallest absolute Gasteiger partial charge is 0.351 e. The monoisotopic (exact) mass is 693 g/mol. The van der Waals surface area contributed by atoms with Crippen molar-refractivity contribution in [3.05, 3.63) is 134 Å². The van der Waals surface area contributed by atoms with Crippen molar-refractivity contribution in [2.75, 3.05) is 12.1 Å². The second kappa shape index (κ2) is 12.3. The maximum absolute atomic E-state index is 13.1. The Hall–Kier alpha value is -3.39. The average Bonchev–Trinajstić information content (AvgIpc) is 3.52. The van der Waals surface area contributed by atoms with Crippen LogP contribution in [0.25, 0.3) is 6.08 Å². The molecule has 2 fully saturated rings. The van der Waals surface area contributed by atoms with E-state index in [2.05, 4.69) is 64.0 Å². The second-order valence-corrected chi connectivity index (χ2v) is 11.6. The summed E-state index contributed by atoms with van der Waals surface area (Å²) in [5.41, 5.74) is 3.83. The summed E-state index contributed by atoms with van der Waals surface area (Å²) in [4.78, 5) is 17.2. The summed E-state index contributed by atoms with van der Waals surface area (Å²) in [6.45, 7) is 3.81. The Morgan fingerprint density at radius 3 is 2.00 bits per heavy atom. The standard InChI is InChI=1S/C33H32IN3O6/c1-32(2)42-27-26(41-30(28(27)43-32)37-20-22(18-19-34)29(36-39)35-31(37)38)21-40-33(23-12-6-3-7-13-23,24-14-8-4-9-15-24)25-16-10-5-11-17-25/h3-20,26-28,30,39H,21H2,1-2H3,(H,35,36,38)/t26-,27-,28-,30-/m1/s1. The van der Waals surface area contributed by atoms with Crippen molar-refractivity contribution >= 4 is 34.5 Å². The molecule has 9 nitrogen and oxygen atoms in total. The van der Waals surface area contributed by atoms with Crippen LogP contribution in [0.1, 0.15) is 42.3 Å². The molecule has 6 rings (SSSR count). The van der Waals surface area contributed by atoms with Gasteiger partial charge in [0.1, 0.15) is 23.9 Å². The number of hydrogen-bond acceptors (Lipinski definition) is 8. The van der Waals surface area contributed by atoms with Crippen molar-refractivity contribution in [2.45, 2.75) is 49.8 Å². The van der Waals surface area contributed by atoms with E-state index in [1.54, 1.807) is 16.4 Å². The van der Waals surface area contributed by atoms with E-state index in [-0.39, 0.29) is 12.4 Å². The summed E-state index contributed by atoms with van der Waals surface area (Å²) in [7, 11) is 0. The first-order chi connectivity index (χ1) is 20.9. The zero-order valence-electron chi connectivity index (χ0n) is 23.7. The molecule has 10 heteroatoms. The maximum Gasteiger partial charge on any atom is 0.351 e. The van der Waals surface area contributed by atoms with Crippen LogP contribution in [0, 0.1) is 0 Å². The Morgan fingerprint density at radius 1 is 0.953 bits per heavy atom. The van der Waals surface area contributed by atoms with E-state index in [0.717, 1.165) is 16.7 Å². The third kappa shape index (κ3) is 5.66. The van der Waals surface area contributed by atoms with E-state index in [1.807, 2.05) is 73.9 Å². The van der Waals surface area contributed by atoms with Crippen LogP contribution >= 0.6 is 22.6 Å². The zero-order chi connectivity index (χ0) is 30.0. The van der Waals surface area contributed by atoms with Gasteiger partial charge in [0.05, 0.1) is 6.61 Å². The van der Waals surface area contributed by atoms with Crippen molar-refractivity contribution < 1.29 is 24.2 Å². The highest BCUT2D eigenvalue weighted by atomic mass is 127. The van der Waals surface area contributed by atoms with E-state index in [1.165, 1.54) is 4.57 Å². The van der Waals surface area contributed by atoms with Gasteiger partial charge in [0.2, 0.25) is 0 Å². The normalized spacial score (nSPS) is 23.0. The van der Waals surface area contributed by atoms with Crippen molar-refractivity contribution in [1.29, 1.82) is 0 Å². The van der Waals surface area contributed by atoms with E-state index < -0.39 is 41.6 Å². The van der Waals surface area contributed by atoms with Gasteiger partial charge < -0.3 is 18.9 Å². The molecule has 0 bridgehead atoms. The molecule has 2 N–H and O–H groups in total. The van der Waals surface area contributed by atoms with Gasteiger partial charge in [0, 0.05) is 11.8 Å². The molecule has 0 amide bonds. The molecule has 4 aromatic rings. The van der Waals surface area contributed by atoms with Crippen LogP contribution in [0.3, 0.4) is 0 Å². The number of ether oxygens (including phenoxy) is 4. The van der Waals surface area contributed by atoms with Gasteiger partial charge >= 0.3 is 5.69 Å². The minimum absolute atomic E-state index is 0.0471. The third-order valence-electron chi connectivity index (χ3n) is 7.73. The first kappa shape index (κ1) is 29.7. The molecule has 3 heterocycles. The molecular formula is C33H32IN3O6. The Labute approximate surface area is 263 Å². The van der Waals surface area contributed by atoms with E-state index in [0.29, 0.717) is 5.56 Å². The van der Waals surface area contributed by atoms with Gasteiger partial charge in [0.15, 0.2) is 17.8 Å². The lowest BCUT2D eigenvalue weighted by atomic mass is 9.80. The zero-order valence-corrected chi connectivity index (χ0v) is 25.8. The molecule has 2 aliphatic rings. The van der Waals surface area contributed by atoms with Gasteiger partial charge in [-0.2, -0.15) is 4.98 Å². The van der Waals surface area contributed by atoms with Crippen LogP contribution in [0.15, 0.2) is 106 Å². The van der Waals surface area contributed by atoms with Gasteiger partial charge in [-0.05, 0) is 40.7 Å². The van der Waals surface area contributed by atoms with E-state index >= 15 is 0 Å². The van der Waals surface area contributed by atoms with Crippen molar-refractivity contribution in [3.63, 3.8) is 0 Å². The predicted molar refractivity (Wildman–Crippen MR) is 170 cm³/mol. The van der Waals surface area contributed by atoms with Crippen LogP contribution in [0.2, 0.25) is 0 Å². The van der Waals surface area contributed by atoms with Crippen LogP contribution in [-0.4, -0.2) is 45.5 Å². The van der Waals surface area contributed by atoms with Crippen molar-refractivity contribution in [1.82, 2.24) is 9.55 Å². The highest BCUT2D eigenvalue weighted by Gasteiger charge is 2.57. The quantitative estimate of drug-likeness (QED) is 0.127. The summed E-state index contributed by atoms with van der Waals surface area (Å²) in [6.07, 6.45) is 0.759. The summed E-state index contributed by atoms with van der Waals surface area (Å²) in [5, 5.41) is 9.53. The maximum atomic E-state index is 13.1. The van der Waals surface area contributed by atoms with E-state index in [4.69, 9.17) is 18.9 Å². The predicted octanol–water partition coefficient (Wildman–Crippen LogP) is 5.88. The van der Waals surface area contributed by atoms with Crippen molar-refractivity contribution in [3.8, 4) is 0 Å². The molecule has 1 aromatic heterocycles. The van der Waals surface area contributed by atoms with Crippen LogP contribution < -0.4 is 11.2 Å². The summed E-state index contributed by atoms with van der Waals surface area (Å²) >= 11 is 2.06. The molecule has 222 valence electrons. The van der Waals surface area contributed by atoms with Gasteiger partial charge in [-0.1, -0.05) is 114 Å². The Kier molecular flexibility index (Phi) is 8.49. The highest BCUT2D eigenvalue weighted by Crippen LogP contribution is 2.45. The highest BCUT2D eigenvalue weighted by molar-refractivity contribution is 14.1. The minimum atomic E-state index is -0.958. The first-order valence-corrected chi connectivity index (χ1v) is 15.2. The summed E-state index contributed by atoms with van der Waals surface area (Å²) in [5.74, 6) is -0.856. The second-order valence-electron chi connectivity index (χ2n) is 10.9. The lowest BCUT2D eigenvalue weighted by Gasteiger charge is -2.37. The lowest BCUT2D eigenvalue weighted by Crippen LogP contribution is -2.39. The lowest BCUT2D eigenvalue weighted by molar-refractivity contribution is -0.205. The van der Waals surface area contributed by atoms with Gasteiger partial charge in [0.25, 0.3) is 0 Å². The number of nitrogens with zero attached hydrogens (tertiary/aromatic N) is 2. The number of hydrogen-bond donors (Lipinski definition) is 2. The number of rotatable bonds is 9. The first-order valence-electron chi connectivity index (χ1n) is 14.0. The Bertz CT molecular complexity index is 1530. The van der Waals surface area contributed by atoms with Crippen LogP contribution in [0.5, 0.6) is 0 Å². The fourth-order valence-corrected chi connectivity index (χ4v) is 6.33. The summed E-state index contributed by atoms with van der Waals surface area (Å²) < 4.78 is 29.4. The molecule has 4 atom stereocenters. The number of anilines is 1. The SMILES string of the molecule is CC1(C)O[C@@H]2[C@H](O1)[C@@H](COC(c1ccccc1)(c1ccccc1)c1ccccc1)O[C@H]2n1cc(C=CI)c(NO)nc1=O. The molecule has 0 unspecified atom stereocenters.